The summed E-state index contributed by atoms with van der Waals surface area (Å²) in [5, 5.41) is 12.5. The molecule has 4 nitrogen and oxygen atoms in total. The molecule has 0 spiro atoms. The second kappa shape index (κ2) is 5.31. The molecule has 1 unspecified atom stereocenters. The second-order valence-electron chi connectivity index (χ2n) is 4.75. The van der Waals surface area contributed by atoms with Gasteiger partial charge in [0.25, 0.3) is 0 Å². The Morgan fingerprint density at radius 1 is 1.33 bits per heavy atom. The summed E-state index contributed by atoms with van der Waals surface area (Å²) in [5.74, 6) is 1.44. The molecular formula is C14H17N3O. The molecule has 3 rings (SSSR count). The third-order valence-corrected chi connectivity index (χ3v) is 3.38. The van der Waals surface area contributed by atoms with Crippen LogP contribution in [-0.4, -0.2) is 29.9 Å². The lowest BCUT2D eigenvalue weighted by atomic mass is 10.0. The SMILES string of the molecule is c1ccc2c(OCC3CCCNC3)cnnc2c1. The first-order chi connectivity index (χ1) is 8.93. The van der Waals surface area contributed by atoms with E-state index in [0.29, 0.717) is 5.92 Å². The van der Waals surface area contributed by atoms with E-state index < -0.39 is 0 Å². The topological polar surface area (TPSA) is 47.0 Å². The van der Waals surface area contributed by atoms with Crippen LogP contribution in [0.3, 0.4) is 0 Å². The Bertz CT molecular complexity index is 518. The maximum atomic E-state index is 5.92. The number of benzene rings is 1. The van der Waals surface area contributed by atoms with E-state index in [4.69, 9.17) is 4.74 Å². The van der Waals surface area contributed by atoms with Crippen LogP contribution in [0.4, 0.5) is 0 Å². The number of fused-ring (bicyclic) bond motifs is 1. The summed E-state index contributed by atoms with van der Waals surface area (Å²) in [5.41, 5.74) is 0.886. The van der Waals surface area contributed by atoms with Crippen LogP contribution >= 0.6 is 0 Å². The number of hydrogen-bond acceptors (Lipinski definition) is 4. The molecule has 2 heterocycles. The lowest BCUT2D eigenvalue weighted by Crippen LogP contribution is -2.33. The van der Waals surface area contributed by atoms with Crippen LogP contribution in [0.15, 0.2) is 30.5 Å². The molecule has 0 radical (unpaired) electrons. The normalized spacial score (nSPS) is 19.9. The molecule has 4 heteroatoms. The highest BCUT2D eigenvalue weighted by molar-refractivity contribution is 5.83. The summed E-state index contributed by atoms with van der Waals surface area (Å²) in [7, 11) is 0. The molecule has 2 aromatic rings. The van der Waals surface area contributed by atoms with Gasteiger partial charge in [-0.05, 0) is 31.5 Å². The summed E-state index contributed by atoms with van der Waals surface area (Å²) in [4.78, 5) is 0. The minimum atomic E-state index is 0.602. The summed E-state index contributed by atoms with van der Waals surface area (Å²) in [6, 6.07) is 7.95. The number of nitrogens with zero attached hydrogens (tertiary/aromatic N) is 2. The molecule has 1 aromatic carbocycles. The van der Waals surface area contributed by atoms with Crippen molar-refractivity contribution in [3.05, 3.63) is 30.5 Å². The fourth-order valence-electron chi connectivity index (χ4n) is 2.37. The summed E-state index contributed by atoms with van der Waals surface area (Å²) in [6.07, 6.45) is 4.19. The molecule has 1 atom stereocenters. The van der Waals surface area contributed by atoms with Crippen molar-refractivity contribution in [3.63, 3.8) is 0 Å². The number of rotatable bonds is 3. The number of ether oxygens (including phenoxy) is 1. The summed E-state index contributed by atoms with van der Waals surface area (Å²) >= 11 is 0. The lowest BCUT2D eigenvalue weighted by Gasteiger charge is -2.22. The zero-order chi connectivity index (χ0) is 12.2. The second-order valence-corrected chi connectivity index (χ2v) is 4.75. The van der Waals surface area contributed by atoms with Crippen molar-refractivity contribution in [1.29, 1.82) is 0 Å². The van der Waals surface area contributed by atoms with E-state index in [1.165, 1.54) is 12.8 Å². The van der Waals surface area contributed by atoms with Gasteiger partial charge < -0.3 is 10.1 Å². The monoisotopic (exact) mass is 243 g/mol. The highest BCUT2D eigenvalue weighted by atomic mass is 16.5. The van der Waals surface area contributed by atoms with E-state index >= 15 is 0 Å². The van der Waals surface area contributed by atoms with Crippen molar-refractivity contribution in [2.75, 3.05) is 19.7 Å². The molecule has 0 saturated carbocycles. The highest BCUT2D eigenvalue weighted by Gasteiger charge is 2.14. The first-order valence-electron chi connectivity index (χ1n) is 6.47. The van der Waals surface area contributed by atoms with E-state index in [1.807, 2.05) is 24.3 Å². The first-order valence-corrected chi connectivity index (χ1v) is 6.47. The van der Waals surface area contributed by atoms with Gasteiger partial charge in [0.1, 0.15) is 5.75 Å². The lowest BCUT2D eigenvalue weighted by molar-refractivity contribution is 0.219. The quantitative estimate of drug-likeness (QED) is 0.895. The van der Waals surface area contributed by atoms with Crippen LogP contribution in [0.25, 0.3) is 10.9 Å². The fourth-order valence-corrected chi connectivity index (χ4v) is 2.37. The van der Waals surface area contributed by atoms with Crippen LogP contribution in [-0.2, 0) is 0 Å². The van der Waals surface area contributed by atoms with Crippen LogP contribution in [0, 0.1) is 5.92 Å². The molecule has 0 bridgehead atoms. The van der Waals surface area contributed by atoms with Gasteiger partial charge in [-0.15, -0.1) is 0 Å². The maximum Gasteiger partial charge on any atom is 0.148 e. The van der Waals surface area contributed by atoms with Gasteiger partial charge in [0.05, 0.1) is 18.3 Å². The Balaban J connectivity index is 1.74. The molecule has 0 amide bonds. The molecule has 1 aliphatic rings. The zero-order valence-electron chi connectivity index (χ0n) is 10.3. The number of nitrogens with one attached hydrogen (secondary N) is 1. The van der Waals surface area contributed by atoms with E-state index in [2.05, 4.69) is 15.5 Å². The average molecular weight is 243 g/mol. The van der Waals surface area contributed by atoms with Crippen LogP contribution in [0.2, 0.25) is 0 Å². The number of hydrogen-bond donors (Lipinski definition) is 1. The molecule has 94 valence electrons. The van der Waals surface area contributed by atoms with Gasteiger partial charge in [0.2, 0.25) is 0 Å². The Kier molecular flexibility index (Phi) is 3.37. The number of piperidine rings is 1. The van der Waals surface area contributed by atoms with Gasteiger partial charge in [-0.1, -0.05) is 12.1 Å². The van der Waals surface area contributed by atoms with Crippen molar-refractivity contribution >= 4 is 10.9 Å². The summed E-state index contributed by atoms with van der Waals surface area (Å²) in [6.45, 7) is 2.94. The third-order valence-electron chi connectivity index (χ3n) is 3.38. The maximum absolute atomic E-state index is 5.92. The fraction of sp³-hybridized carbons (Fsp3) is 0.429. The van der Waals surface area contributed by atoms with Crippen molar-refractivity contribution < 1.29 is 4.74 Å². The van der Waals surface area contributed by atoms with Gasteiger partial charge in [-0.25, -0.2) is 0 Å². The minimum Gasteiger partial charge on any atom is -0.491 e. The van der Waals surface area contributed by atoms with E-state index in [9.17, 15) is 0 Å². The summed E-state index contributed by atoms with van der Waals surface area (Å²) < 4.78 is 5.92. The zero-order valence-corrected chi connectivity index (χ0v) is 10.3. The molecule has 1 fully saturated rings. The van der Waals surface area contributed by atoms with E-state index in [0.717, 1.165) is 36.3 Å². The molecule has 1 aliphatic heterocycles. The van der Waals surface area contributed by atoms with Gasteiger partial charge in [-0.2, -0.15) is 10.2 Å². The molecular weight excluding hydrogens is 226 g/mol. The van der Waals surface area contributed by atoms with Gasteiger partial charge >= 0.3 is 0 Å². The molecule has 1 N–H and O–H groups in total. The Morgan fingerprint density at radius 2 is 2.28 bits per heavy atom. The molecule has 1 aromatic heterocycles. The Hall–Kier alpha value is -1.68. The van der Waals surface area contributed by atoms with Crippen molar-refractivity contribution in [2.45, 2.75) is 12.8 Å². The number of aromatic nitrogens is 2. The standard InChI is InChI=1S/C14H17N3O/c1-2-6-13-12(5-1)14(9-16-17-13)18-10-11-4-3-7-15-8-11/h1-2,5-6,9,11,15H,3-4,7-8,10H2. The van der Waals surface area contributed by atoms with Gasteiger partial charge in [0, 0.05) is 17.8 Å². The van der Waals surface area contributed by atoms with Crippen LogP contribution < -0.4 is 10.1 Å². The van der Waals surface area contributed by atoms with Crippen LogP contribution in [0.5, 0.6) is 5.75 Å². The van der Waals surface area contributed by atoms with Crippen molar-refractivity contribution in [1.82, 2.24) is 15.5 Å². The molecule has 18 heavy (non-hydrogen) atoms. The average Bonchev–Trinajstić information content (AvgIpc) is 2.46. The van der Waals surface area contributed by atoms with Gasteiger partial charge in [0.15, 0.2) is 0 Å². The Morgan fingerprint density at radius 3 is 3.17 bits per heavy atom. The van der Waals surface area contributed by atoms with Crippen LogP contribution in [0.1, 0.15) is 12.8 Å². The first kappa shape index (κ1) is 11.4. The molecule has 1 saturated heterocycles. The minimum absolute atomic E-state index is 0.602. The predicted molar refractivity (Wildman–Crippen MR) is 70.6 cm³/mol. The van der Waals surface area contributed by atoms with Crippen molar-refractivity contribution in [2.24, 2.45) is 5.92 Å². The molecule has 0 aliphatic carbocycles. The van der Waals surface area contributed by atoms with Gasteiger partial charge in [-0.3, -0.25) is 0 Å². The Labute approximate surface area is 106 Å². The van der Waals surface area contributed by atoms with E-state index in [1.54, 1.807) is 6.20 Å². The van der Waals surface area contributed by atoms with Crippen molar-refractivity contribution in [3.8, 4) is 5.75 Å². The third kappa shape index (κ3) is 2.43. The predicted octanol–water partition coefficient (Wildman–Crippen LogP) is 2.01. The smallest absolute Gasteiger partial charge is 0.148 e. The van der Waals surface area contributed by atoms with E-state index in [-0.39, 0.29) is 0 Å². The largest absolute Gasteiger partial charge is 0.491 e. The highest BCUT2D eigenvalue weighted by Crippen LogP contribution is 2.23.